The molecule has 4 nitrogen and oxygen atoms in total. The summed E-state index contributed by atoms with van der Waals surface area (Å²) in [6.45, 7) is 5.65. The second-order valence-corrected chi connectivity index (χ2v) is 9.12. The molecule has 2 amide bonds. The number of hydrogen-bond acceptors (Lipinski definition) is 3. The van der Waals surface area contributed by atoms with Crippen molar-refractivity contribution < 1.29 is 14.0 Å². The van der Waals surface area contributed by atoms with E-state index in [1.165, 1.54) is 11.0 Å². The molecule has 31 heavy (non-hydrogen) atoms. The van der Waals surface area contributed by atoms with E-state index in [-0.39, 0.29) is 36.6 Å². The molecule has 0 bridgehead atoms. The summed E-state index contributed by atoms with van der Waals surface area (Å²) in [6.07, 6.45) is 1.73. The van der Waals surface area contributed by atoms with Crippen molar-refractivity contribution in [2.45, 2.75) is 63.6 Å². The normalized spacial score (nSPS) is 12.8. The topological polar surface area (TPSA) is 49.4 Å². The van der Waals surface area contributed by atoms with Gasteiger partial charge in [0.1, 0.15) is 11.9 Å². The summed E-state index contributed by atoms with van der Waals surface area (Å²) in [5.74, 6) is -0.0107. The third-order valence-corrected chi connectivity index (χ3v) is 6.43. The Balaban J connectivity index is 2.01. The van der Waals surface area contributed by atoms with Crippen molar-refractivity contribution in [3.05, 3.63) is 64.9 Å². The van der Waals surface area contributed by atoms with Gasteiger partial charge in [0.25, 0.3) is 0 Å². The summed E-state index contributed by atoms with van der Waals surface area (Å²) in [5, 5.41) is 3.60. The number of carbonyl (C=O) groups excluding carboxylic acids is 2. The molecule has 0 aliphatic rings. The quantitative estimate of drug-likeness (QED) is 0.343. The monoisotopic (exact) mass is 464 g/mol. The van der Waals surface area contributed by atoms with E-state index in [1.807, 2.05) is 38.1 Å². The van der Waals surface area contributed by atoms with Crippen LogP contribution in [0.2, 0.25) is 5.02 Å². The van der Waals surface area contributed by atoms with Gasteiger partial charge in [-0.3, -0.25) is 9.59 Å². The molecule has 168 valence electrons. The predicted octanol–water partition coefficient (Wildman–Crippen LogP) is 5.68. The van der Waals surface area contributed by atoms with Crippen LogP contribution in [0.1, 0.15) is 45.6 Å². The fraction of sp³-hybridized carbons (Fsp3) is 0.417. The molecule has 0 aliphatic carbocycles. The molecular weight excluding hydrogens is 435 g/mol. The SMILES string of the molecule is CCC(C)NC(=O)C(C)N(Cc1ccccc1F)C(=O)CCCSc1ccc(Cl)cc1. The molecule has 0 aliphatic heterocycles. The Morgan fingerprint density at radius 3 is 2.45 bits per heavy atom. The highest BCUT2D eigenvalue weighted by Crippen LogP contribution is 2.22. The lowest BCUT2D eigenvalue weighted by Crippen LogP contribution is -2.49. The Labute approximate surface area is 193 Å². The molecule has 2 aromatic rings. The first-order valence-electron chi connectivity index (χ1n) is 10.5. The average Bonchev–Trinajstić information content (AvgIpc) is 2.76. The van der Waals surface area contributed by atoms with Crippen LogP contribution in [-0.2, 0) is 16.1 Å². The van der Waals surface area contributed by atoms with Crippen LogP contribution < -0.4 is 5.32 Å². The summed E-state index contributed by atoms with van der Waals surface area (Å²) in [4.78, 5) is 28.2. The van der Waals surface area contributed by atoms with E-state index in [0.29, 0.717) is 17.0 Å². The van der Waals surface area contributed by atoms with Gasteiger partial charge in [-0.25, -0.2) is 4.39 Å². The molecule has 7 heteroatoms. The van der Waals surface area contributed by atoms with Crippen LogP contribution in [0.15, 0.2) is 53.4 Å². The zero-order valence-corrected chi connectivity index (χ0v) is 19.8. The smallest absolute Gasteiger partial charge is 0.242 e. The van der Waals surface area contributed by atoms with Crippen molar-refractivity contribution >= 4 is 35.2 Å². The van der Waals surface area contributed by atoms with Gasteiger partial charge in [-0.2, -0.15) is 0 Å². The van der Waals surface area contributed by atoms with Crippen LogP contribution in [0.25, 0.3) is 0 Å². The van der Waals surface area contributed by atoms with E-state index in [1.54, 1.807) is 36.9 Å². The lowest BCUT2D eigenvalue weighted by molar-refractivity contribution is -0.140. The molecule has 0 saturated carbocycles. The van der Waals surface area contributed by atoms with E-state index < -0.39 is 6.04 Å². The van der Waals surface area contributed by atoms with Gasteiger partial charge in [-0.05, 0) is 62.8 Å². The first-order chi connectivity index (χ1) is 14.8. The van der Waals surface area contributed by atoms with Crippen molar-refractivity contribution in [2.75, 3.05) is 5.75 Å². The third kappa shape index (κ3) is 8.19. The summed E-state index contributed by atoms with van der Waals surface area (Å²) < 4.78 is 14.2. The van der Waals surface area contributed by atoms with Crippen LogP contribution in [0.5, 0.6) is 0 Å². The minimum atomic E-state index is -0.690. The number of benzene rings is 2. The zero-order valence-electron chi connectivity index (χ0n) is 18.2. The molecule has 2 atom stereocenters. The number of rotatable bonds is 11. The second-order valence-electron chi connectivity index (χ2n) is 7.51. The number of halogens is 2. The van der Waals surface area contributed by atoms with Gasteiger partial charge < -0.3 is 10.2 Å². The van der Waals surface area contributed by atoms with E-state index in [9.17, 15) is 14.0 Å². The summed E-state index contributed by atoms with van der Waals surface area (Å²) in [7, 11) is 0. The van der Waals surface area contributed by atoms with Crippen molar-refractivity contribution in [2.24, 2.45) is 0 Å². The van der Waals surface area contributed by atoms with E-state index in [0.717, 1.165) is 17.1 Å². The molecule has 2 rings (SSSR count). The predicted molar refractivity (Wildman–Crippen MR) is 126 cm³/mol. The molecule has 2 aromatic carbocycles. The van der Waals surface area contributed by atoms with Gasteiger partial charge in [0, 0.05) is 34.5 Å². The fourth-order valence-electron chi connectivity index (χ4n) is 2.95. The van der Waals surface area contributed by atoms with Crippen LogP contribution in [0, 0.1) is 5.82 Å². The minimum absolute atomic E-state index is 0.0103. The molecule has 0 radical (unpaired) electrons. The van der Waals surface area contributed by atoms with Crippen LogP contribution in [-0.4, -0.2) is 34.6 Å². The highest BCUT2D eigenvalue weighted by Gasteiger charge is 2.27. The second kappa shape index (κ2) is 12.7. The molecule has 0 aromatic heterocycles. The Kier molecular flexibility index (Phi) is 10.3. The Hall–Kier alpha value is -2.05. The van der Waals surface area contributed by atoms with Gasteiger partial charge in [-0.15, -0.1) is 11.8 Å². The van der Waals surface area contributed by atoms with Gasteiger partial charge in [0.15, 0.2) is 0 Å². The third-order valence-electron chi connectivity index (χ3n) is 5.08. The Morgan fingerprint density at radius 1 is 1.13 bits per heavy atom. The summed E-state index contributed by atoms with van der Waals surface area (Å²) in [6, 6.07) is 13.2. The summed E-state index contributed by atoms with van der Waals surface area (Å²) >= 11 is 7.55. The largest absolute Gasteiger partial charge is 0.352 e. The molecule has 1 N–H and O–H groups in total. The molecule has 2 unspecified atom stereocenters. The highest BCUT2D eigenvalue weighted by molar-refractivity contribution is 7.99. The van der Waals surface area contributed by atoms with Gasteiger partial charge >= 0.3 is 0 Å². The van der Waals surface area contributed by atoms with Gasteiger partial charge in [0.2, 0.25) is 11.8 Å². The van der Waals surface area contributed by atoms with Crippen molar-refractivity contribution in [3.63, 3.8) is 0 Å². The van der Waals surface area contributed by atoms with E-state index in [2.05, 4.69) is 5.32 Å². The van der Waals surface area contributed by atoms with Crippen LogP contribution in [0.3, 0.4) is 0 Å². The maximum Gasteiger partial charge on any atom is 0.242 e. The number of nitrogens with one attached hydrogen (secondary N) is 1. The molecule has 0 spiro atoms. The number of thioether (sulfide) groups is 1. The van der Waals surface area contributed by atoms with Crippen molar-refractivity contribution in [3.8, 4) is 0 Å². The number of hydrogen-bond donors (Lipinski definition) is 1. The highest BCUT2D eigenvalue weighted by atomic mass is 35.5. The Bertz CT molecular complexity index is 863. The van der Waals surface area contributed by atoms with Crippen molar-refractivity contribution in [1.29, 1.82) is 0 Å². The first kappa shape index (κ1) is 25.2. The minimum Gasteiger partial charge on any atom is -0.352 e. The standard InChI is InChI=1S/C24H30ClFN2O2S/c1-4-17(2)27-24(30)18(3)28(16-19-8-5-6-9-22(19)26)23(29)10-7-15-31-21-13-11-20(25)12-14-21/h5-6,8-9,11-14,17-18H,4,7,10,15-16H2,1-3H3,(H,27,30). The van der Waals surface area contributed by atoms with Gasteiger partial charge in [-0.1, -0.05) is 36.7 Å². The Morgan fingerprint density at radius 2 is 1.81 bits per heavy atom. The average molecular weight is 465 g/mol. The molecule has 0 saturated heterocycles. The maximum absolute atomic E-state index is 14.2. The van der Waals surface area contributed by atoms with E-state index in [4.69, 9.17) is 11.6 Å². The number of carbonyl (C=O) groups is 2. The lowest BCUT2D eigenvalue weighted by atomic mass is 10.1. The fourth-order valence-corrected chi connectivity index (χ4v) is 3.93. The molecule has 0 heterocycles. The summed E-state index contributed by atoms with van der Waals surface area (Å²) in [5.41, 5.74) is 0.398. The van der Waals surface area contributed by atoms with Crippen molar-refractivity contribution in [1.82, 2.24) is 10.2 Å². The number of amides is 2. The van der Waals surface area contributed by atoms with E-state index >= 15 is 0 Å². The van der Waals surface area contributed by atoms with Gasteiger partial charge in [0.05, 0.1) is 0 Å². The lowest BCUT2D eigenvalue weighted by Gasteiger charge is -2.30. The van der Waals surface area contributed by atoms with Crippen LogP contribution in [0.4, 0.5) is 4.39 Å². The zero-order chi connectivity index (χ0) is 22.8. The maximum atomic E-state index is 14.2. The number of nitrogens with zero attached hydrogens (tertiary/aromatic N) is 1. The molecular formula is C24H30ClFN2O2S. The molecule has 0 fully saturated rings. The van der Waals surface area contributed by atoms with Crippen LogP contribution >= 0.6 is 23.4 Å². The first-order valence-corrected chi connectivity index (χ1v) is 11.9.